The molecule has 3 N–H and O–H groups in total. The molecule has 0 amide bonds. The van der Waals surface area contributed by atoms with Gasteiger partial charge < -0.3 is 15.3 Å². The summed E-state index contributed by atoms with van der Waals surface area (Å²) in [6.07, 6.45) is -0.0253. The van der Waals surface area contributed by atoms with Gasteiger partial charge in [0, 0.05) is 27.6 Å². The normalized spacial score (nSPS) is 13.7. The predicted octanol–water partition coefficient (Wildman–Crippen LogP) is 4.40. The lowest BCUT2D eigenvalue weighted by Crippen LogP contribution is -2.19. The van der Waals surface area contributed by atoms with Gasteiger partial charge in [0.25, 0.3) is 0 Å². The zero-order valence-corrected chi connectivity index (χ0v) is 15.1. The first-order valence-corrected chi connectivity index (χ1v) is 8.53. The lowest BCUT2D eigenvalue weighted by atomic mass is 9.98. The third kappa shape index (κ3) is 5.54. The number of rotatable bonds is 7. The average Bonchev–Trinajstić information content (AvgIpc) is 2.53. The van der Waals surface area contributed by atoms with E-state index in [1.807, 2.05) is 0 Å². The lowest BCUT2D eigenvalue weighted by molar-refractivity contribution is -0.139. The fourth-order valence-electron chi connectivity index (χ4n) is 2.51. The van der Waals surface area contributed by atoms with Gasteiger partial charge in [-0.25, -0.2) is 4.39 Å². The van der Waals surface area contributed by atoms with Crippen molar-refractivity contribution in [3.63, 3.8) is 0 Å². The third-order valence-electron chi connectivity index (χ3n) is 3.67. The second-order valence-electron chi connectivity index (χ2n) is 5.74. The number of hydrogen-bond acceptors (Lipinski definition) is 3. The largest absolute Gasteiger partial charge is 0.481 e. The van der Waals surface area contributed by atoms with E-state index in [1.165, 1.54) is 24.3 Å². The smallest absolute Gasteiger partial charge is 0.305 e. The van der Waals surface area contributed by atoms with Gasteiger partial charge in [0.2, 0.25) is 0 Å². The van der Waals surface area contributed by atoms with Crippen molar-refractivity contribution in [2.45, 2.75) is 25.0 Å². The molecule has 2 aromatic rings. The van der Waals surface area contributed by atoms with Gasteiger partial charge in [-0.2, -0.15) is 0 Å². The first-order chi connectivity index (χ1) is 12.3. The maximum Gasteiger partial charge on any atom is 0.305 e. The molecule has 0 aliphatic carbocycles. The van der Waals surface area contributed by atoms with Crippen LogP contribution in [-0.4, -0.2) is 33.5 Å². The van der Waals surface area contributed by atoms with Crippen LogP contribution >= 0.6 is 23.2 Å². The quantitative estimate of drug-likeness (QED) is 0.645. The lowest BCUT2D eigenvalue weighted by Gasteiger charge is -2.13. The number of carbonyl (C=O) groups is 1. The van der Waals surface area contributed by atoms with Crippen molar-refractivity contribution < 1.29 is 24.5 Å². The van der Waals surface area contributed by atoms with Crippen LogP contribution in [0.15, 0.2) is 42.5 Å². The molecule has 2 unspecified atom stereocenters. The summed E-state index contributed by atoms with van der Waals surface area (Å²) in [4.78, 5) is 10.6. The molecule has 0 aliphatic rings. The Kier molecular flexibility index (Phi) is 7.17. The molecule has 4 nitrogen and oxygen atoms in total. The summed E-state index contributed by atoms with van der Waals surface area (Å²) < 4.78 is 14.2. The zero-order valence-electron chi connectivity index (χ0n) is 13.6. The van der Waals surface area contributed by atoms with Gasteiger partial charge in [0.05, 0.1) is 18.6 Å². The van der Waals surface area contributed by atoms with E-state index in [1.54, 1.807) is 24.3 Å². The summed E-state index contributed by atoms with van der Waals surface area (Å²) in [5.41, 5.74) is 1.21. The van der Waals surface area contributed by atoms with Gasteiger partial charge in [-0.05, 0) is 23.8 Å². The van der Waals surface area contributed by atoms with Crippen molar-refractivity contribution in [1.82, 2.24) is 0 Å². The summed E-state index contributed by atoms with van der Waals surface area (Å²) >= 11 is 12.3. The number of hydrogen-bond donors (Lipinski definition) is 3. The molecule has 26 heavy (non-hydrogen) atoms. The van der Waals surface area contributed by atoms with Crippen LogP contribution in [0.4, 0.5) is 4.39 Å². The molecule has 0 bridgehead atoms. The SMILES string of the molecule is O=C(O)CC(O)CC(O)C=Cc1c(Cl)cc(Cl)cc1-c1ccccc1F. The molecule has 2 rings (SSSR count). The summed E-state index contributed by atoms with van der Waals surface area (Å²) in [6.45, 7) is 0. The summed E-state index contributed by atoms with van der Waals surface area (Å²) in [5.74, 6) is -1.60. The third-order valence-corrected chi connectivity index (χ3v) is 4.20. The Morgan fingerprint density at radius 3 is 2.50 bits per heavy atom. The van der Waals surface area contributed by atoms with Crippen molar-refractivity contribution in [2.75, 3.05) is 0 Å². The van der Waals surface area contributed by atoms with Crippen LogP contribution in [0.25, 0.3) is 17.2 Å². The number of benzene rings is 2. The van der Waals surface area contributed by atoms with Gasteiger partial charge in [-0.3, -0.25) is 4.79 Å². The van der Waals surface area contributed by atoms with Crippen LogP contribution in [-0.2, 0) is 4.79 Å². The second-order valence-corrected chi connectivity index (χ2v) is 6.59. The Hall–Kier alpha value is -1.92. The molecule has 0 saturated carbocycles. The van der Waals surface area contributed by atoms with E-state index in [2.05, 4.69) is 0 Å². The van der Waals surface area contributed by atoms with Crippen LogP contribution in [0.3, 0.4) is 0 Å². The molecule has 0 radical (unpaired) electrons. The molecule has 0 fully saturated rings. The topological polar surface area (TPSA) is 77.8 Å². The van der Waals surface area contributed by atoms with E-state index in [-0.39, 0.29) is 11.4 Å². The van der Waals surface area contributed by atoms with Gasteiger partial charge in [-0.1, -0.05) is 53.6 Å². The number of aliphatic hydroxyl groups is 2. The minimum absolute atomic E-state index is 0.150. The standard InChI is InChI=1S/C19H17Cl2FO4/c20-11-7-16(15-3-1-2-4-18(15)22)14(17(21)8-11)6-5-12(23)9-13(24)10-19(25)26/h1-8,12-13,23-24H,9-10H2,(H,25,26). The summed E-state index contributed by atoms with van der Waals surface area (Å²) in [6, 6.07) is 9.21. The molecule has 2 aromatic carbocycles. The monoisotopic (exact) mass is 398 g/mol. The van der Waals surface area contributed by atoms with Crippen LogP contribution in [0.5, 0.6) is 0 Å². The predicted molar refractivity (Wildman–Crippen MR) is 99.8 cm³/mol. The summed E-state index contributed by atoms with van der Waals surface area (Å²) in [7, 11) is 0. The van der Waals surface area contributed by atoms with Crippen molar-refractivity contribution in [3.05, 3.63) is 63.9 Å². The van der Waals surface area contributed by atoms with Gasteiger partial charge >= 0.3 is 5.97 Å². The molecule has 138 valence electrons. The fraction of sp³-hybridized carbons (Fsp3) is 0.211. The maximum atomic E-state index is 14.2. The van der Waals surface area contributed by atoms with E-state index < -0.39 is 30.4 Å². The highest BCUT2D eigenvalue weighted by molar-refractivity contribution is 6.36. The van der Waals surface area contributed by atoms with Crippen LogP contribution in [0, 0.1) is 5.82 Å². The van der Waals surface area contributed by atoms with E-state index in [4.69, 9.17) is 28.3 Å². The number of aliphatic hydroxyl groups excluding tert-OH is 2. The number of aliphatic carboxylic acids is 1. The zero-order chi connectivity index (χ0) is 19.3. The molecule has 2 atom stereocenters. The molecule has 0 aliphatic heterocycles. The Morgan fingerprint density at radius 2 is 1.85 bits per heavy atom. The van der Waals surface area contributed by atoms with Crippen LogP contribution in [0.1, 0.15) is 18.4 Å². The number of carboxylic acids is 1. The van der Waals surface area contributed by atoms with E-state index in [0.29, 0.717) is 21.7 Å². The van der Waals surface area contributed by atoms with Gasteiger partial charge in [-0.15, -0.1) is 0 Å². The molecular formula is C19H17Cl2FO4. The molecule has 0 spiro atoms. The average molecular weight is 399 g/mol. The van der Waals surface area contributed by atoms with Crippen LogP contribution < -0.4 is 0 Å². The molecule has 0 heterocycles. The van der Waals surface area contributed by atoms with E-state index in [0.717, 1.165) is 0 Å². The Labute approximate surface area is 160 Å². The minimum Gasteiger partial charge on any atom is -0.481 e. The Morgan fingerprint density at radius 1 is 1.15 bits per heavy atom. The highest BCUT2D eigenvalue weighted by Crippen LogP contribution is 2.35. The van der Waals surface area contributed by atoms with Crippen molar-refractivity contribution in [1.29, 1.82) is 0 Å². The second kappa shape index (κ2) is 9.14. The van der Waals surface area contributed by atoms with E-state index in [9.17, 15) is 19.4 Å². The highest BCUT2D eigenvalue weighted by Gasteiger charge is 2.15. The minimum atomic E-state index is -1.18. The molecule has 0 saturated heterocycles. The fourth-order valence-corrected chi connectivity index (χ4v) is 3.06. The highest BCUT2D eigenvalue weighted by atomic mass is 35.5. The van der Waals surface area contributed by atoms with Crippen molar-refractivity contribution >= 4 is 35.2 Å². The first-order valence-electron chi connectivity index (χ1n) is 7.78. The summed E-state index contributed by atoms with van der Waals surface area (Å²) in [5, 5.41) is 28.8. The van der Waals surface area contributed by atoms with Crippen molar-refractivity contribution in [3.8, 4) is 11.1 Å². The Bertz CT molecular complexity index is 823. The van der Waals surface area contributed by atoms with Gasteiger partial charge in [0.15, 0.2) is 0 Å². The van der Waals surface area contributed by atoms with Crippen molar-refractivity contribution in [2.24, 2.45) is 0 Å². The number of halogens is 3. The molecule has 7 heteroatoms. The first kappa shape index (κ1) is 20.4. The van der Waals surface area contributed by atoms with Crippen LogP contribution in [0.2, 0.25) is 10.0 Å². The number of carboxylic acid groups (broad SMARTS) is 1. The van der Waals surface area contributed by atoms with E-state index >= 15 is 0 Å². The maximum absolute atomic E-state index is 14.2. The molecular weight excluding hydrogens is 382 g/mol. The Balaban J connectivity index is 2.32. The molecule has 0 aromatic heterocycles. The van der Waals surface area contributed by atoms with Gasteiger partial charge in [0.1, 0.15) is 5.82 Å².